The number of hydrogen-bond donors (Lipinski definition) is 3. The summed E-state index contributed by atoms with van der Waals surface area (Å²) in [5.41, 5.74) is 0. The summed E-state index contributed by atoms with van der Waals surface area (Å²) in [4.78, 5) is 72.9. The Morgan fingerprint density at radius 2 is 0.469 bits per heavy atom. The molecule has 0 amide bonds. The molecule has 0 saturated heterocycles. The SMILES string of the molecule is CCCCCCCCCCCCCCCCCCC(=O)OC[C@H](COP(=O)(O)OC[C@@H](O)COP(=O)(O)OC[C@@H](COC(=O)CCCCCCCCC(C)C)OC(=O)CCCCCCCCCCCCCCCCCC)OC(=O)CCCCCCCCCCCCCCCCC(C)C. The van der Waals surface area contributed by atoms with Crippen LogP contribution in [0.5, 0.6) is 0 Å². The lowest BCUT2D eigenvalue weighted by Gasteiger charge is -2.21. The molecule has 0 bridgehead atoms. The zero-order valence-corrected chi connectivity index (χ0v) is 65.9. The fourth-order valence-corrected chi connectivity index (χ4v) is 13.8. The van der Waals surface area contributed by atoms with Crippen molar-refractivity contribution >= 4 is 39.5 Å². The molecule has 0 aliphatic rings. The van der Waals surface area contributed by atoms with E-state index in [1.807, 2.05) is 0 Å². The van der Waals surface area contributed by atoms with Crippen molar-refractivity contribution < 1.29 is 80.2 Å². The van der Waals surface area contributed by atoms with Gasteiger partial charge in [0, 0.05) is 25.7 Å². The molecule has 0 saturated carbocycles. The summed E-state index contributed by atoms with van der Waals surface area (Å²) in [5, 5.41) is 10.6. The third kappa shape index (κ3) is 72.4. The maximum absolute atomic E-state index is 13.1. The molecular formula is C79H154O17P2. The predicted octanol–water partition coefficient (Wildman–Crippen LogP) is 23.5. The van der Waals surface area contributed by atoms with Gasteiger partial charge in [0.25, 0.3) is 0 Å². The van der Waals surface area contributed by atoms with Gasteiger partial charge in [0.2, 0.25) is 0 Å². The van der Waals surface area contributed by atoms with Crippen LogP contribution in [-0.4, -0.2) is 96.7 Å². The summed E-state index contributed by atoms with van der Waals surface area (Å²) in [6.07, 6.45) is 59.7. The van der Waals surface area contributed by atoms with E-state index in [1.54, 1.807) is 0 Å². The maximum Gasteiger partial charge on any atom is 0.472 e. The summed E-state index contributed by atoms with van der Waals surface area (Å²) in [6, 6.07) is 0. The first-order chi connectivity index (χ1) is 47.4. The molecule has 2 unspecified atom stereocenters. The number of carbonyl (C=O) groups excluding carboxylic acids is 4. The quantitative estimate of drug-likeness (QED) is 0.0222. The number of ether oxygens (including phenoxy) is 4. The summed E-state index contributed by atoms with van der Waals surface area (Å²) in [7, 11) is -9.92. The van der Waals surface area contributed by atoms with Crippen molar-refractivity contribution in [2.75, 3.05) is 39.6 Å². The fraction of sp³-hybridized carbons (Fsp3) is 0.949. The Bertz CT molecular complexity index is 1890. The number of phosphoric ester groups is 2. The van der Waals surface area contributed by atoms with Crippen LogP contribution in [0, 0.1) is 11.8 Å². The predicted molar refractivity (Wildman–Crippen MR) is 400 cm³/mol. The van der Waals surface area contributed by atoms with Crippen molar-refractivity contribution in [3.8, 4) is 0 Å². The molecule has 98 heavy (non-hydrogen) atoms. The zero-order valence-electron chi connectivity index (χ0n) is 64.1. The summed E-state index contributed by atoms with van der Waals surface area (Å²) < 4.78 is 68.6. The Morgan fingerprint density at radius 3 is 0.694 bits per heavy atom. The molecule has 19 heteroatoms. The van der Waals surface area contributed by atoms with Crippen LogP contribution < -0.4 is 0 Å². The number of unbranched alkanes of at least 4 members (excludes halogenated alkanes) is 48. The molecule has 582 valence electrons. The van der Waals surface area contributed by atoms with Crippen LogP contribution in [0.4, 0.5) is 0 Å². The molecule has 17 nitrogen and oxygen atoms in total. The zero-order chi connectivity index (χ0) is 72.1. The van der Waals surface area contributed by atoms with Gasteiger partial charge in [0.1, 0.15) is 19.3 Å². The van der Waals surface area contributed by atoms with Gasteiger partial charge >= 0.3 is 39.5 Å². The van der Waals surface area contributed by atoms with Crippen molar-refractivity contribution in [2.45, 2.75) is 432 Å². The first kappa shape index (κ1) is 96.1. The van der Waals surface area contributed by atoms with Gasteiger partial charge < -0.3 is 33.8 Å². The first-order valence-electron chi connectivity index (χ1n) is 41.0. The average Bonchev–Trinajstić information content (AvgIpc) is 0.946. The lowest BCUT2D eigenvalue weighted by Crippen LogP contribution is -2.30. The van der Waals surface area contributed by atoms with E-state index < -0.39 is 97.5 Å². The molecule has 0 aliphatic heterocycles. The maximum atomic E-state index is 13.1. The third-order valence-electron chi connectivity index (χ3n) is 18.5. The van der Waals surface area contributed by atoms with E-state index in [0.29, 0.717) is 31.6 Å². The van der Waals surface area contributed by atoms with E-state index in [-0.39, 0.29) is 25.7 Å². The Balaban J connectivity index is 5.23. The largest absolute Gasteiger partial charge is 0.472 e. The monoisotopic (exact) mass is 1440 g/mol. The molecule has 0 radical (unpaired) electrons. The van der Waals surface area contributed by atoms with Gasteiger partial charge in [-0.1, -0.05) is 363 Å². The van der Waals surface area contributed by atoms with E-state index >= 15 is 0 Å². The van der Waals surface area contributed by atoms with E-state index in [4.69, 9.17) is 37.0 Å². The minimum atomic E-state index is -4.96. The van der Waals surface area contributed by atoms with Crippen LogP contribution >= 0.6 is 15.6 Å². The molecule has 0 aliphatic carbocycles. The average molecular weight is 1440 g/mol. The molecular weight excluding hydrogens is 1280 g/mol. The molecule has 0 aromatic carbocycles. The van der Waals surface area contributed by atoms with Crippen LogP contribution in [0.25, 0.3) is 0 Å². The topological polar surface area (TPSA) is 237 Å². The van der Waals surface area contributed by atoms with Gasteiger partial charge in [-0.15, -0.1) is 0 Å². The van der Waals surface area contributed by atoms with Crippen LogP contribution in [0.2, 0.25) is 0 Å². The highest BCUT2D eigenvalue weighted by molar-refractivity contribution is 7.47. The molecule has 0 heterocycles. The number of hydrogen-bond acceptors (Lipinski definition) is 15. The number of esters is 4. The smallest absolute Gasteiger partial charge is 0.462 e. The number of aliphatic hydroxyl groups is 1. The van der Waals surface area contributed by atoms with Gasteiger partial charge in [-0.25, -0.2) is 9.13 Å². The van der Waals surface area contributed by atoms with Gasteiger partial charge in [-0.3, -0.25) is 37.3 Å². The first-order valence-corrected chi connectivity index (χ1v) is 44.0. The summed E-state index contributed by atoms with van der Waals surface area (Å²) in [5.74, 6) is -0.637. The lowest BCUT2D eigenvalue weighted by molar-refractivity contribution is -0.161. The minimum absolute atomic E-state index is 0.107. The summed E-state index contributed by atoms with van der Waals surface area (Å²) >= 11 is 0. The van der Waals surface area contributed by atoms with E-state index in [0.717, 1.165) is 102 Å². The van der Waals surface area contributed by atoms with Gasteiger partial charge in [0.15, 0.2) is 12.2 Å². The van der Waals surface area contributed by atoms with Crippen molar-refractivity contribution in [2.24, 2.45) is 11.8 Å². The molecule has 0 aromatic heterocycles. The number of phosphoric acid groups is 2. The third-order valence-corrected chi connectivity index (χ3v) is 20.4. The highest BCUT2D eigenvalue weighted by Gasteiger charge is 2.30. The van der Waals surface area contributed by atoms with Gasteiger partial charge in [-0.2, -0.15) is 0 Å². The Hall–Kier alpha value is -1.94. The second-order valence-electron chi connectivity index (χ2n) is 29.4. The Labute approximate surface area is 600 Å². The van der Waals surface area contributed by atoms with Crippen molar-refractivity contribution in [3.63, 3.8) is 0 Å². The highest BCUT2D eigenvalue weighted by atomic mass is 31.2. The molecule has 0 aromatic rings. The molecule has 0 rings (SSSR count). The Morgan fingerprint density at radius 1 is 0.276 bits per heavy atom. The second-order valence-corrected chi connectivity index (χ2v) is 32.3. The Kier molecular flexibility index (Phi) is 69.3. The molecule has 5 atom stereocenters. The summed E-state index contributed by atoms with van der Waals surface area (Å²) in [6.45, 7) is 9.57. The number of carbonyl (C=O) groups is 4. The minimum Gasteiger partial charge on any atom is -0.462 e. The standard InChI is InChI=1S/C79H154O17P2/c1-7-9-11-13-15-17-19-21-23-25-30-34-38-42-49-55-61-76(81)89-67-74(95-78(83)63-58-52-44-40-36-32-28-27-29-33-37-41-47-53-59-71(3)4)69-93-97(85,86)91-65-73(80)66-92-98(87,88)94-70-75(68-90-77(82)62-56-50-46-45-48-54-60-72(5)6)96-79(84)64-57-51-43-39-35-31-26-24-22-20-18-16-14-12-10-8-2/h71-75,80H,7-70H2,1-6H3,(H,85,86)(H,87,88)/t73-,74-,75-/m1/s1. The molecule has 3 N–H and O–H groups in total. The number of rotatable bonds is 78. The van der Waals surface area contributed by atoms with E-state index in [1.165, 1.54) is 225 Å². The van der Waals surface area contributed by atoms with Crippen LogP contribution in [0.3, 0.4) is 0 Å². The molecule has 0 fully saturated rings. The highest BCUT2D eigenvalue weighted by Crippen LogP contribution is 2.45. The van der Waals surface area contributed by atoms with Crippen molar-refractivity contribution in [1.82, 2.24) is 0 Å². The fourth-order valence-electron chi connectivity index (χ4n) is 12.2. The lowest BCUT2D eigenvalue weighted by atomic mass is 10.0. The van der Waals surface area contributed by atoms with E-state index in [2.05, 4.69) is 41.5 Å². The number of aliphatic hydroxyl groups excluding tert-OH is 1. The van der Waals surface area contributed by atoms with Crippen LogP contribution in [0.1, 0.15) is 414 Å². The van der Waals surface area contributed by atoms with Gasteiger partial charge in [0.05, 0.1) is 26.4 Å². The van der Waals surface area contributed by atoms with Gasteiger partial charge in [-0.05, 0) is 37.5 Å². The van der Waals surface area contributed by atoms with Crippen molar-refractivity contribution in [1.29, 1.82) is 0 Å². The van der Waals surface area contributed by atoms with Crippen LogP contribution in [-0.2, 0) is 65.4 Å². The van der Waals surface area contributed by atoms with Crippen molar-refractivity contribution in [3.05, 3.63) is 0 Å². The molecule has 0 spiro atoms. The van der Waals surface area contributed by atoms with E-state index in [9.17, 15) is 43.2 Å². The second kappa shape index (κ2) is 70.7. The van der Waals surface area contributed by atoms with Crippen LogP contribution in [0.15, 0.2) is 0 Å². The normalized spacial score (nSPS) is 13.9.